The molecule has 0 fully saturated rings. The van der Waals surface area contributed by atoms with Crippen molar-refractivity contribution >= 4 is 17.0 Å². The lowest BCUT2D eigenvalue weighted by Gasteiger charge is -2.10. The second-order valence-corrected chi connectivity index (χ2v) is 5.62. The Morgan fingerprint density at radius 3 is 2.72 bits per heavy atom. The van der Waals surface area contributed by atoms with Crippen molar-refractivity contribution in [3.05, 3.63) is 46.0 Å². The standard InChI is InChI=1S/C17H18N4O4/c1-3-20-9-13(17(24)25)15(23)11-4-5-14(19-16(11)20)12-8-18-21(6-7-22)10(12)2/h4-5,8-9,22H,3,6-7H2,1-2H3,(H,24,25). The van der Waals surface area contributed by atoms with E-state index in [-0.39, 0.29) is 17.6 Å². The van der Waals surface area contributed by atoms with Crippen LogP contribution in [0.25, 0.3) is 22.3 Å². The van der Waals surface area contributed by atoms with Gasteiger partial charge in [0.1, 0.15) is 11.2 Å². The quantitative estimate of drug-likeness (QED) is 0.723. The molecular weight excluding hydrogens is 324 g/mol. The van der Waals surface area contributed by atoms with Gasteiger partial charge in [-0.3, -0.25) is 9.48 Å². The number of hydrogen-bond acceptors (Lipinski definition) is 5. The molecule has 0 atom stereocenters. The molecule has 0 aromatic carbocycles. The molecule has 0 bridgehead atoms. The number of carboxylic acids is 1. The molecule has 3 aromatic rings. The minimum absolute atomic E-state index is 0.0134. The maximum absolute atomic E-state index is 12.4. The summed E-state index contributed by atoms with van der Waals surface area (Å²) in [6, 6.07) is 3.28. The van der Waals surface area contributed by atoms with Gasteiger partial charge >= 0.3 is 5.97 Å². The Hall–Kier alpha value is -3.00. The maximum Gasteiger partial charge on any atom is 0.341 e. The highest BCUT2D eigenvalue weighted by Gasteiger charge is 2.17. The molecule has 0 aliphatic rings. The number of carbonyl (C=O) groups is 1. The van der Waals surface area contributed by atoms with Crippen molar-refractivity contribution in [3.8, 4) is 11.3 Å². The number of pyridine rings is 2. The smallest absolute Gasteiger partial charge is 0.341 e. The van der Waals surface area contributed by atoms with Gasteiger partial charge in [0.15, 0.2) is 0 Å². The zero-order chi connectivity index (χ0) is 18.1. The lowest BCUT2D eigenvalue weighted by Crippen LogP contribution is -2.19. The molecule has 25 heavy (non-hydrogen) atoms. The number of aromatic carboxylic acids is 1. The van der Waals surface area contributed by atoms with E-state index in [9.17, 15) is 14.7 Å². The third kappa shape index (κ3) is 2.80. The molecule has 0 aliphatic heterocycles. The van der Waals surface area contributed by atoms with Crippen LogP contribution in [0.5, 0.6) is 0 Å². The van der Waals surface area contributed by atoms with Crippen LogP contribution in [0.1, 0.15) is 23.0 Å². The normalized spacial score (nSPS) is 11.2. The Morgan fingerprint density at radius 1 is 1.32 bits per heavy atom. The Kier molecular flexibility index (Phi) is 4.37. The molecule has 2 N–H and O–H groups in total. The van der Waals surface area contributed by atoms with E-state index < -0.39 is 11.4 Å². The molecule has 0 spiro atoms. The maximum atomic E-state index is 12.4. The van der Waals surface area contributed by atoms with E-state index in [0.717, 1.165) is 11.3 Å². The Balaban J connectivity index is 2.23. The van der Waals surface area contributed by atoms with Crippen LogP contribution in [0.3, 0.4) is 0 Å². The average Bonchev–Trinajstić information content (AvgIpc) is 2.96. The molecule has 8 nitrogen and oxygen atoms in total. The predicted octanol–water partition coefficient (Wildman–Crippen LogP) is 1.28. The van der Waals surface area contributed by atoms with Crippen molar-refractivity contribution in [3.63, 3.8) is 0 Å². The van der Waals surface area contributed by atoms with E-state index in [2.05, 4.69) is 10.1 Å². The largest absolute Gasteiger partial charge is 0.477 e. The molecule has 3 rings (SSSR count). The minimum atomic E-state index is -1.25. The van der Waals surface area contributed by atoms with E-state index >= 15 is 0 Å². The molecule has 0 saturated heterocycles. The van der Waals surface area contributed by atoms with Crippen LogP contribution in [0.15, 0.2) is 29.3 Å². The van der Waals surface area contributed by atoms with Gasteiger partial charge in [-0.05, 0) is 26.0 Å². The number of aryl methyl sites for hydroxylation is 1. The SMILES string of the molecule is CCn1cc(C(=O)O)c(=O)c2ccc(-c3cnn(CCO)c3C)nc21. The summed E-state index contributed by atoms with van der Waals surface area (Å²) in [6.07, 6.45) is 2.99. The fourth-order valence-electron chi connectivity index (χ4n) is 2.83. The molecule has 0 unspecified atom stereocenters. The first-order valence-corrected chi connectivity index (χ1v) is 7.89. The average molecular weight is 342 g/mol. The molecule has 0 saturated carbocycles. The summed E-state index contributed by atoms with van der Waals surface area (Å²) >= 11 is 0. The molecule has 8 heteroatoms. The van der Waals surface area contributed by atoms with Crippen molar-refractivity contribution < 1.29 is 15.0 Å². The summed E-state index contributed by atoms with van der Waals surface area (Å²) in [5, 5.41) is 22.8. The van der Waals surface area contributed by atoms with Crippen LogP contribution in [0.4, 0.5) is 0 Å². The van der Waals surface area contributed by atoms with E-state index in [0.29, 0.717) is 24.4 Å². The van der Waals surface area contributed by atoms with Crippen molar-refractivity contribution in [1.82, 2.24) is 19.3 Å². The highest BCUT2D eigenvalue weighted by atomic mass is 16.4. The summed E-state index contributed by atoms with van der Waals surface area (Å²) in [5.74, 6) is -1.25. The van der Waals surface area contributed by atoms with Crippen molar-refractivity contribution in [2.45, 2.75) is 26.9 Å². The second kappa shape index (κ2) is 6.48. The lowest BCUT2D eigenvalue weighted by molar-refractivity contribution is 0.0695. The topological polar surface area (TPSA) is 110 Å². The molecule has 3 heterocycles. The summed E-state index contributed by atoms with van der Waals surface area (Å²) in [4.78, 5) is 28.2. The number of aromatic nitrogens is 4. The third-order valence-corrected chi connectivity index (χ3v) is 4.18. The van der Waals surface area contributed by atoms with Gasteiger partial charge in [0.25, 0.3) is 0 Å². The van der Waals surface area contributed by atoms with Crippen LogP contribution >= 0.6 is 0 Å². The minimum Gasteiger partial charge on any atom is -0.477 e. The molecule has 0 aliphatic carbocycles. The summed E-state index contributed by atoms with van der Waals surface area (Å²) in [6.45, 7) is 4.59. The first kappa shape index (κ1) is 16.8. The van der Waals surface area contributed by atoms with Crippen molar-refractivity contribution in [1.29, 1.82) is 0 Å². The Morgan fingerprint density at radius 2 is 2.08 bits per heavy atom. The molecule has 130 valence electrons. The third-order valence-electron chi connectivity index (χ3n) is 4.18. The zero-order valence-corrected chi connectivity index (χ0v) is 13.9. The Bertz CT molecular complexity index is 1020. The monoisotopic (exact) mass is 342 g/mol. The van der Waals surface area contributed by atoms with Gasteiger partial charge in [0.2, 0.25) is 5.43 Å². The van der Waals surface area contributed by atoms with Crippen LogP contribution < -0.4 is 5.43 Å². The highest BCUT2D eigenvalue weighted by Crippen LogP contribution is 2.23. The fourth-order valence-corrected chi connectivity index (χ4v) is 2.83. The Labute approximate surface area is 143 Å². The zero-order valence-electron chi connectivity index (χ0n) is 13.9. The van der Waals surface area contributed by atoms with Crippen molar-refractivity contribution in [2.24, 2.45) is 0 Å². The second-order valence-electron chi connectivity index (χ2n) is 5.62. The number of carboxylic acid groups (broad SMARTS) is 1. The lowest BCUT2D eigenvalue weighted by atomic mass is 10.1. The van der Waals surface area contributed by atoms with Crippen LogP contribution in [-0.4, -0.2) is 42.1 Å². The van der Waals surface area contributed by atoms with Crippen LogP contribution in [-0.2, 0) is 13.1 Å². The summed E-state index contributed by atoms with van der Waals surface area (Å²) < 4.78 is 3.33. The number of aliphatic hydroxyl groups excluding tert-OH is 1. The van der Waals surface area contributed by atoms with E-state index in [1.165, 1.54) is 6.20 Å². The fraction of sp³-hybridized carbons (Fsp3) is 0.294. The van der Waals surface area contributed by atoms with Gasteiger partial charge in [-0.15, -0.1) is 0 Å². The molecule has 0 radical (unpaired) electrons. The van der Waals surface area contributed by atoms with E-state index in [1.807, 2.05) is 13.8 Å². The number of rotatable bonds is 5. The molecular formula is C17H18N4O4. The van der Waals surface area contributed by atoms with Crippen LogP contribution in [0.2, 0.25) is 0 Å². The number of fused-ring (bicyclic) bond motifs is 1. The van der Waals surface area contributed by atoms with Gasteiger partial charge < -0.3 is 14.8 Å². The van der Waals surface area contributed by atoms with E-state index in [4.69, 9.17) is 5.11 Å². The van der Waals surface area contributed by atoms with E-state index in [1.54, 1.807) is 27.6 Å². The number of nitrogens with zero attached hydrogens (tertiary/aromatic N) is 4. The summed E-state index contributed by atoms with van der Waals surface area (Å²) in [7, 11) is 0. The van der Waals surface area contributed by atoms with Gasteiger partial charge in [-0.2, -0.15) is 5.10 Å². The van der Waals surface area contributed by atoms with Gasteiger partial charge in [0, 0.05) is 24.0 Å². The first-order chi connectivity index (χ1) is 12.0. The van der Waals surface area contributed by atoms with Crippen molar-refractivity contribution in [2.75, 3.05) is 6.61 Å². The molecule has 0 amide bonds. The van der Waals surface area contributed by atoms with Gasteiger partial charge in [-0.25, -0.2) is 9.78 Å². The molecule has 3 aromatic heterocycles. The number of hydrogen-bond donors (Lipinski definition) is 2. The number of aliphatic hydroxyl groups is 1. The first-order valence-electron chi connectivity index (χ1n) is 7.89. The van der Waals surface area contributed by atoms with Gasteiger partial charge in [0.05, 0.1) is 30.4 Å². The summed E-state index contributed by atoms with van der Waals surface area (Å²) in [5.41, 5.74) is 1.92. The highest BCUT2D eigenvalue weighted by molar-refractivity contribution is 5.92. The van der Waals surface area contributed by atoms with Crippen LogP contribution in [0, 0.1) is 6.92 Å². The predicted molar refractivity (Wildman–Crippen MR) is 91.7 cm³/mol. The van der Waals surface area contributed by atoms with Gasteiger partial charge in [-0.1, -0.05) is 0 Å².